The quantitative estimate of drug-likeness (QED) is 0.387. The van der Waals surface area contributed by atoms with E-state index in [0.29, 0.717) is 28.8 Å². The number of alkyl halides is 1. The summed E-state index contributed by atoms with van der Waals surface area (Å²) < 4.78 is 11.7. The number of anilines is 1. The minimum Gasteiger partial charge on any atom is -0.449 e. The van der Waals surface area contributed by atoms with Crippen LogP contribution < -0.4 is 14.8 Å². The largest absolute Gasteiger partial charge is 0.449 e. The second kappa shape index (κ2) is 9.10. The van der Waals surface area contributed by atoms with E-state index >= 15 is 0 Å². The number of carbonyl (C=O) groups is 1. The third kappa shape index (κ3) is 4.81. The minimum atomic E-state index is -0.792. The number of hydrazone groups is 1. The number of hydrogen-bond donors (Lipinski definition) is 1. The summed E-state index contributed by atoms with van der Waals surface area (Å²) in [6.45, 7) is 6.09. The topological polar surface area (TPSA) is 63.2 Å². The van der Waals surface area contributed by atoms with E-state index in [-0.39, 0.29) is 17.8 Å². The molecule has 2 aliphatic heterocycles. The number of carbonyl (C=O) groups excluding carboxylic acids is 1. The normalized spacial score (nSPS) is 17.9. The van der Waals surface area contributed by atoms with Gasteiger partial charge in [-0.3, -0.25) is 0 Å². The second-order valence-corrected chi connectivity index (χ2v) is 9.87. The summed E-state index contributed by atoms with van der Waals surface area (Å²) in [7, 11) is 0. The van der Waals surface area contributed by atoms with Gasteiger partial charge in [-0.05, 0) is 36.2 Å². The molecule has 2 amide bonds. The number of urea groups is 1. The third-order valence-electron chi connectivity index (χ3n) is 6.00. The molecule has 0 spiro atoms. The number of halogens is 2. The summed E-state index contributed by atoms with van der Waals surface area (Å²) in [6.07, 6.45) is 0. The first-order valence-electron chi connectivity index (χ1n) is 11.3. The Morgan fingerprint density at radius 3 is 2.51 bits per heavy atom. The summed E-state index contributed by atoms with van der Waals surface area (Å²) >= 11 is 12.3. The van der Waals surface area contributed by atoms with Crippen molar-refractivity contribution in [3.63, 3.8) is 0 Å². The van der Waals surface area contributed by atoms with E-state index < -0.39 is 5.79 Å². The fraction of sp³-hybridized carbons (Fsp3) is 0.259. The zero-order valence-electron chi connectivity index (χ0n) is 19.6. The van der Waals surface area contributed by atoms with Crippen molar-refractivity contribution in [2.24, 2.45) is 5.10 Å². The van der Waals surface area contributed by atoms with Gasteiger partial charge >= 0.3 is 6.03 Å². The van der Waals surface area contributed by atoms with Crippen LogP contribution in [0, 0.1) is 6.92 Å². The SMILES string of the molecule is Cc1ccc(C2=NN(C(=O)Nc3cc(CCl)c4c(c3)OC(C)(C)O4)CC2c2ccc(Cl)cc2)cc1. The molecule has 5 rings (SSSR count). The number of amides is 2. The molecule has 2 heterocycles. The lowest BCUT2D eigenvalue weighted by molar-refractivity contribution is -0.0434. The Hall–Kier alpha value is -3.22. The molecule has 0 aromatic heterocycles. The molecule has 1 N–H and O–H groups in total. The number of nitrogens with one attached hydrogen (secondary N) is 1. The molecule has 180 valence electrons. The van der Waals surface area contributed by atoms with Crippen LogP contribution in [0.5, 0.6) is 11.5 Å². The average molecular weight is 510 g/mol. The van der Waals surface area contributed by atoms with Crippen molar-refractivity contribution in [3.8, 4) is 11.5 Å². The highest BCUT2D eigenvalue weighted by Gasteiger charge is 2.35. The van der Waals surface area contributed by atoms with Gasteiger partial charge in [0, 0.05) is 42.1 Å². The molecule has 1 unspecified atom stereocenters. The van der Waals surface area contributed by atoms with Gasteiger partial charge in [-0.1, -0.05) is 53.6 Å². The monoisotopic (exact) mass is 509 g/mol. The molecule has 0 radical (unpaired) electrons. The highest BCUT2D eigenvalue weighted by atomic mass is 35.5. The van der Waals surface area contributed by atoms with E-state index in [1.54, 1.807) is 12.1 Å². The predicted octanol–water partition coefficient (Wildman–Crippen LogP) is 6.93. The lowest BCUT2D eigenvalue weighted by Gasteiger charge is -2.16. The van der Waals surface area contributed by atoms with E-state index in [1.807, 2.05) is 69.3 Å². The Morgan fingerprint density at radius 2 is 1.83 bits per heavy atom. The van der Waals surface area contributed by atoms with Gasteiger partial charge in [0.2, 0.25) is 5.79 Å². The molecular formula is C27H25Cl2N3O3. The molecule has 8 heteroatoms. The standard InChI is InChI=1S/C27H25Cl2N3O3/c1-16-4-6-18(7-5-16)24-22(17-8-10-20(29)11-9-17)15-32(31-24)26(33)30-21-12-19(14-28)25-23(13-21)34-27(2,3)35-25/h4-13,22H,14-15H2,1-3H3,(H,30,33). The molecule has 3 aromatic carbocycles. The summed E-state index contributed by atoms with van der Waals surface area (Å²) in [5, 5.41) is 9.79. The zero-order chi connectivity index (χ0) is 24.7. The highest BCUT2D eigenvalue weighted by molar-refractivity contribution is 6.30. The first kappa shape index (κ1) is 23.5. The molecule has 0 saturated heterocycles. The molecular weight excluding hydrogens is 485 g/mol. The Kier molecular flexibility index (Phi) is 6.11. The molecule has 0 bridgehead atoms. The lowest BCUT2D eigenvalue weighted by atomic mass is 9.90. The maximum atomic E-state index is 13.3. The zero-order valence-corrected chi connectivity index (χ0v) is 21.2. The number of ether oxygens (including phenoxy) is 2. The van der Waals surface area contributed by atoms with Crippen LogP contribution in [0.3, 0.4) is 0 Å². The number of hydrogen-bond acceptors (Lipinski definition) is 4. The Morgan fingerprint density at radius 1 is 1.11 bits per heavy atom. The van der Waals surface area contributed by atoms with Gasteiger partial charge in [-0.2, -0.15) is 5.10 Å². The van der Waals surface area contributed by atoms with E-state index in [2.05, 4.69) is 5.32 Å². The van der Waals surface area contributed by atoms with Crippen molar-refractivity contribution in [2.75, 3.05) is 11.9 Å². The van der Waals surface area contributed by atoms with Crippen LogP contribution in [0.1, 0.15) is 42.0 Å². The highest BCUT2D eigenvalue weighted by Crippen LogP contribution is 2.44. The fourth-order valence-corrected chi connectivity index (χ4v) is 4.64. The van der Waals surface area contributed by atoms with Gasteiger partial charge in [0.15, 0.2) is 11.5 Å². The molecule has 0 fully saturated rings. The lowest BCUT2D eigenvalue weighted by Crippen LogP contribution is -2.30. The van der Waals surface area contributed by atoms with E-state index in [4.69, 9.17) is 37.8 Å². The maximum absolute atomic E-state index is 13.3. The smallest absolute Gasteiger partial charge is 0.342 e. The first-order chi connectivity index (χ1) is 16.7. The van der Waals surface area contributed by atoms with Gasteiger partial charge in [0.05, 0.1) is 18.1 Å². The third-order valence-corrected chi connectivity index (χ3v) is 6.54. The Balaban J connectivity index is 1.43. The van der Waals surface area contributed by atoms with Crippen molar-refractivity contribution in [1.29, 1.82) is 0 Å². The number of nitrogens with zero attached hydrogens (tertiary/aromatic N) is 2. The van der Waals surface area contributed by atoms with Crippen molar-refractivity contribution in [3.05, 3.63) is 87.9 Å². The van der Waals surface area contributed by atoms with E-state index in [0.717, 1.165) is 28.0 Å². The molecule has 35 heavy (non-hydrogen) atoms. The van der Waals surface area contributed by atoms with Gasteiger partial charge < -0.3 is 14.8 Å². The predicted molar refractivity (Wildman–Crippen MR) is 139 cm³/mol. The Bertz CT molecular complexity index is 1300. The number of aryl methyl sites for hydroxylation is 1. The van der Waals surface area contributed by atoms with Crippen LogP contribution in [-0.2, 0) is 5.88 Å². The number of rotatable bonds is 4. The summed E-state index contributed by atoms with van der Waals surface area (Å²) in [5.74, 6) is 0.500. The molecule has 6 nitrogen and oxygen atoms in total. The number of fused-ring (bicyclic) bond motifs is 1. The number of benzene rings is 3. The van der Waals surface area contributed by atoms with Gasteiger partial charge in [0.25, 0.3) is 0 Å². The molecule has 1 atom stereocenters. The van der Waals surface area contributed by atoms with Crippen molar-refractivity contribution >= 4 is 40.6 Å². The van der Waals surface area contributed by atoms with Crippen molar-refractivity contribution in [2.45, 2.75) is 38.4 Å². The summed E-state index contributed by atoms with van der Waals surface area (Å²) in [5.41, 5.74) is 5.31. The van der Waals surface area contributed by atoms with Crippen molar-refractivity contribution < 1.29 is 14.3 Å². The van der Waals surface area contributed by atoms with Gasteiger partial charge in [-0.25, -0.2) is 9.80 Å². The second-order valence-electron chi connectivity index (χ2n) is 9.17. The maximum Gasteiger partial charge on any atom is 0.342 e. The van der Waals surface area contributed by atoms with Crippen LogP contribution >= 0.6 is 23.2 Å². The van der Waals surface area contributed by atoms with Gasteiger partial charge in [0.1, 0.15) is 0 Å². The van der Waals surface area contributed by atoms with Crippen LogP contribution in [0.15, 0.2) is 65.8 Å². The molecule has 0 aliphatic carbocycles. The van der Waals surface area contributed by atoms with Crippen LogP contribution in [0.25, 0.3) is 0 Å². The molecule has 2 aliphatic rings. The van der Waals surface area contributed by atoms with Crippen LogP contribution in [0.4, 0.5) is 10.5 Å². The molecule has 0 saturated carbocycles. The summed E-state index contributed by atoms with van der Waals surface area (Å²) in [6, 6.07) is 19.0. The van der Waals surface area contributed by atoms with Crippen LogP contribution in [0.2, 0.25) is 5.02 Å². The van der Waals surface area contributed by atoms with E-state index in [9.17, 15) is 4.79 Å². The molecule has 3 aromatic rings. The van der Waals surface area contributed by atoms with E-state index in [1.165, 1.54) is 5.01 Å². The summed E-state index contributed by atoms with van der Waals surface area (Å²) in [4.78, 5) is 13.3. The Labute approximate surface area is 214 Å². The first-order valence-corrected chi connectivity index (χ1v) is 12.2. The van der Waals surface area contributed by atoms with Crippen molar-refractivity contribution in [1.82, 2.24) is 5.01 Å². The van der Waals surface area contributed by atoms with Gasteiger partial charge in [-0.15, -0.1) is 11.6 Å². The minimum absolute atomic E-state index is 0.0864. The van der Waals surface area contributed by atoms with Crippen LogP contribution in [-0.4, -0.2) is 29.1 Å². The average Bonchev–Trinajstić information content (AvgIpc) is 3.40. The fourth-order valence-electron chi connectivity index (χ4n) is 4.31.